The van der Waals surface area contributed by atoms with Crippen LogP contribution in [0.2, 0.25) is 0 Å². The summed E-state index contributed by atoms with van der Waals surface area (Å²) in [7, 11) is 0. The quantitative estimate of drug-likeness (QED) is 0.838. The molecule has 0 amide bonds. The number of benzene rings is 1. The van der Waals surface area contributed by atoms with Gasteiger partial charge in [-0.1, -0.05) is 30.7 Å². The molecule has 25 heavy (non-hydrogen) atoms. The monoisotopic (exact) mass is 335 g/mol. The molecule has 2 fully saturated rings. The van der Waals surface area contributed by atoms with E-state index in [0.717, 1.165) is 50.4 Å². The normalized spacial score (nSPS) is 21.2. The molecule has 2 aromatic rings. The van der Waals surface area contributed by atoms with E-state index in [1.165, 1.54) is 36.0 Å². The van der Waals surface area contributed by atoms with Crippen molar-refractivity contribution in [3.05, 3.63) is 35.4 Å². The Bertz CT molecular complexity index is 802. The average molecular weight is 335 g/mol. The number of nitrogens with two attached hydrogens (primary N) is 1. The number of nitrogen functional groups attached to an aromatic ring is 1. The number of piperidine rings is 1. The van der Waals surface area contributed by atoms with Crippen molar-refractivity contribution in [1.29, 1.82) is 0 Å². The Hall–Kier alpha value is -2.14. The van der Waals surface area contributed by atoms with Crippen LogP contribution in [0.3, 0.4) is 0 Å². The SMILES string of the molecule is Nc1nc2c(c(N3CC4(CCCCN4)C3)n1)CCCc1ccccc1-2. The molecule has 5 nitrogen and oxygen atoms in total. The number of fused-ring (bicyclic) bond motifs is 3. The van der Waals surface area contributed by atoms with Crippen LogP contribution in [-0.4, -0.2) is 35.1 Å². The van der Waals surface area contributed by atoms with Gasteiger partial charge in [0.2, 0.25) is 5.95 Å². The summed E-state index contributed by atoms with van der Waals surface area (Å²) in [4.78, 5) is 11.7. The molecule has 1 spiro atoms. The second kappa shape index (κ2) is 5.70. The lowest BCUT2D eigenvalue weighted by Gasteiger charge is -2.53. The smallest absolute Gasteiger partial charge is 0.222 e. The van der Waals surface area contributed by atoms with Crippen LogP contribution in [0.5, 0.6) is 0 Å². The Morgan fingerprint density at radius 1 is 1.04 bits per heavy atom. The number of hydrogen-bond donors (Lipinski definition) is 2. The maximum Gasteiger partial charge on any atom is 0.222 e. The van der Waals surface area contributed by atoms with Crippen molar-refractivity contribution in [3.63, 3.8) is 0 Å². The zero-order chi connectivity index (χ0) is 16.9. The molecule has 0 atom stereocenters. The summed E-state index contributed by atoms with van der Waals surface area (Å²) in [5.74, 6) is 1.46. The number of aryl methyl sites for hydroxylation is 1. The van der Waals surface area contributed by atoms with Gasteiger partial charge in [-0.3, -0.25) is 0 Å². The van der Waals surface area contributed by atoms with E-state index in [1.54, 1.807) is 0 Å². The summed E-state index contributed by atoms with van der Waals surface area (Å²) in [6, 6.07) is 8.60. The lowest BCUT2D eigenvalue weighted by Crippen LogP contribution is -2.71. The highest BCUT2D eigenvalue weighted by Crippen LogP contribution is 2.39. The van der Waals surface area contributed by atoms with E-state index in [0.29, 0.717) is 11.5 Å². The van der Waals surface area contributed by atoms with Gasteiger partial charge in [-0.2, -0.15) is 4.98 Å². The molecular weight excluding hydrogens is 310 g/mol. The molecule has 5 rings (SSSR count). The second-order valence-corrected chi connectivity index (χ2v) is 7.76. The number of nitrogens with one attached hydrogen (secondary N) is 1. The lowest BCUT2D eigenvalue weighted by atomic mass is 9.81. The minimum absolute atomic E-state index is 0.299. The zero-order valence-corrected chi connectivity index (χ0v) is 14.6. The van der Waals surface area contributed by atoms with Crippen molar-refractivity contribution in [2.45, 2.75) is 44.1 Å². The Balaban J connectivity index is 1.54. The third kappa shape index (κ3) is 2.49. The fraction of sp³-hybridized carbons (Fsp3) is 0.500. The minimum Gasteiger partial charge on any atom is -0.368 e. The molecule has 0 radical (unpaired) electrons. The van der Waals surface area contributed by atoms with Gasteiger partial charge in [0.1, 0.15) is 5.82 Å². The minimum atomic E-state index is 0.299. The van der Waals surface area contributed by atoms with Crippen molar-refractivity contribution in [2.24, 2.45) is 0 Å². The Morgan fingerprint density at radius 3 is 2.76 bits per heavy atom. The van der Waals surface area contributed by atoms with E-state index in [2.05, 4.69) is 44.5 Å². The van der Waals surface area contributed by atoms with Crippen LogP contribution >= 0.6 is 0 Å². The predicted octanol–water partition coefficient (Wildman–Crippen LogP) is 2.55. The van der Waals surface area contributed by atoms with Gasteiger partial charge in [0.15, 0.2) is 0 Å². The number of hydrogen-bond acceptors (Lipinski definition) is 5. The maximum absolute atomic E-state index is 6.11. The van der Waals surface area contributed by atoms with Crippen molar-refractivity contribution >= 4 is 11.8 Å². The lowest BCUT2D eigenvalue weighted by molar-refractivity contribution is 0.201. The van der Waals surface area contributed by atoms with E-state index < -0.39 is 0 Å². The highest BCUT2D eigenvalue weighted by Gasteiger charge is 2.44. The summed E-state index contributed by atoms with van der Waals surface area (Å²) < 4.78 is 0. The van der Waals surface area contributed by atoms with Crippen LogP contribution in [0.15, 0.2) is 24.3 Å². The largest absolute Gasteiger partial charge is 0.368 e. The molecule has 0 unspecified atom stereocenters. The maximum atomic E-state index is 6.11. The molecular formula is C20H25N5. The zero-order valence-electron chi connectivity index (χ0n) is 14.6. The first-order chi connectivity index (χ1) is 12.2. The van der Waals surface area contributed by atoms with E-state index in [1.807, 2.05) is 0 Å². The van der Waals surface area contributed by atoms with Crippen LogP contribution in [-0.2, 0) is 12.8 Å². The summed E-state index contributed by atoms with van der Waals surface area (Å²) in [6.45, 7) is 3.22. The van der Waals surface area contributed by atoms with Crippen LogP contribution < -0.4 is 16.0 Å². The van der Waals surface area contributed by atoms with Crippen LogP contribution in [0.1, 0.15) is 36.8 Å². The van der Waals surface area contributed by atoms with E-state index >= 15 is 0 Å². The number of nitrogens with zero attached hydrogens (tertiary/aromatic N) is 3. The molecule has 1 aromatic carbocycles. The number of rotatable bonds is 1. The highest BCUT2D eigenvalue weighted by atomic mass is 15.3. The van der Waals surface area contributed by atoms with Crippen molar-refractivity contribution in [1.82, 2.24) is 15.3 Å². The average Bonchev–Trinajstić information content (AvgIpc) is 2.79. The van der Waals surface area contributed by atoms with E-state index in [4.69, 9.17) is 5.73 Å². The third-order valence-corrected chi connectivity index (χ3v) is 6.02. The molecule has 0 bridgehead atoms. The first-order valence-electron chi connectivity index (χ1n) is 9.49. The van der Waals surface area contributed by atoms with Crippen molar-refractivity contribution in [2.75, 3.05) is 30.3 Å². The van der Waals surface area contributed by atoms with Gasteiger partial charge in [0, 0.05) is 24.2 Å². The first-order valence-corrected chi connectivity index (χ1v) is 9.49. The Labute approximate surface area is 148 Å². The molecule has 3 N–H and O–H groups in total. The fourth-order valence-electron chi connectivity index (χ4n) is 4.76. The van der Waals surface area contributed by atoms with Gasteiger partial charge < -0.3 is 16.0 Å². The summed E-state index contributed by atoms with van der Waals surface area (Å²) in [5, 5.41) is 3.74. The highest BCUT2D eigenvalue weighted by molar-refractivity contribution is 5.74. The summed E-state index contributed by atoms with van der Waals surface area (Å²) in [5.41, 5.74) is 11.4. The third-order valence-electron chi connectivity index (χ3n) is 6.02. The second-order valence-electron chi connectivity index (χ2n) is 7.76. The van der Waals surface area contributed by atoms with Gasteiger partial charge in [-0.05, 0) is 44.2 Å². The first kappa shape index (κ1) is 15.1. The molecule has 0 saturated carbocycles. The molecule has 2 aliphatic heterocycles. The Kier molecular flexibility index (Phi) is 3.45. The molecule has 1 aromatic heterocycles. The standard InChI is InChI=1S/C20H25N5/c21-19-23-17-15-8-2-1-6-14(15)7-5-9-16(17)18(24-19)25-12-20(13-25)10-3-4-11-22-20/h1-2,6,8,22H,3-5,7,9-13H2,(H2,21,23,24). The molecule has 2 saturated heterocycles. The molecule has 1 aliphatic carbocycles. The van der Waals surface area contributed by atoms with Crippen LogP contribution in [0.4, 0.5) is 11.8 Å². The van der Waals surface area contributed by atoms with Crippen molar-refractivity contribution in [3.8, 4) is 11.3 Å². The van der Waals surface area contributed by atoms with Gasteiger partial charge in [-0.15, -0.1) is 0 Å². The van der Waals surface area contributed by atoms with E-state index in [9.17, 15) is 0 Å². The summed E-state index contributed by atoms with van der Waals surface area (Å²) >= 11 is 0. The number of anilines is 2. The van der Waals surface area contributed by atoms with Gasteiger partial charge in [0.05, 0.1) is 11.2 Å². The fourth-order valence-corrected chi connectivity index (χ4v) is 4.76. The summed E-state index contributed by atoms with van der Waals surface area (Å²) in [6.07, 6.45) is 7.16. The van der Waals surface area contributed by atoms with Crippen molar-refractivity contribution < 1.29 is 0 Å². The molecule has 3 heterocycles. The van der Waals surface area contributed by atoms with Gasteiger partial charge in [-0.25, -0.2) is 4.98 Å². The van der Waals surface area contributed by atoms with Gasteiger partial charge in [0.25, 0.3) is 0 Å². The van der Waals surface area contributed by atoms with E-state index in [-0.39, 0.29) is 0 Å². The van der Waals surface area contributed by atoms with Gasteiger partial charge >= 0.3 is 0 Å². The predicted molar refractivity (Wildman–Crippen MR) is 101 cm³/mol. The molecule has 130 valence electrons. The molecule has 3 aliphatic rings. The Morgan fingerprint density at radius 2 is 1.92 bits per heavy atom. The van der Waals surface area contributed by atoms with Crippen LogP contribution in [0, 0.1) is 0 Å². The molecule has 5 heteroatoms. The number of aromatic nitrogens is 2. The van der Waals surface area contributed by atoms with Crippen LogP contribution in [0.25, 0.3) is 11.3 Å². The topological polar surface area (TPSA) is 67.1 Å².